The molecule has 0 aliphatic heterocycles. The fourth-order valence-electron chi connectivity index (χ4n) is 5.82. The molecule has 0 amide bonds. The van der Waals surface area contributed by atoms with Crippen molar-refractivity contribution >= 4 is 19.8 Å². The monoisotopic (exact) mass is 716 g/mol. The summed E-state index contributed by atoms with van der Waals surface area (Å²) in [6.45, 7) is 3.30. The van der Waals surface area contributed by atoms with E-state index in [4.69, 9.17) is 19.3 Å². The zero-order valence-electron chi connectivity index (χ0n) is 29.9. The van der Waals surface area contributed by atoms with E-state index >= 15 is 0 Å². The van der Waals surface area contributed by atoms with Gasteiger partial charge in [-0.1, -0.05) is 102 Å². The Kier molecular flexibility index (Phi) is 25.6. The van der Waals surface area contributed by atoms with Gasteiger partial charge in [-0.15, -0.1) is 0 Å². The molecule has 0 bridgehead atoms. The molecule has 6 atom stereocenters. The standard InChI is InChI=1S/C37H65O11P/c1-3-5-7-8-9-10-11-12-13-14-20-24-37(42)48-31(29-47-49(43,44)45)28-46-36(41)23-19-16-15-18-22-32-33(35(40)27-34(32)39)26-25-30(38)21-17-6-4-2/h8-9,15,18,25-26,30-35,38-40H,3-7,10-14,16-17,19-24,27-29H2,1-2H3,(H2,43,44,45)/b9-8-,18-15+,26-25+/t30-,31+,32+,33+,34-,35+/m0/s1. The molecule has 12 heteroatoms. The van der Waals surface area contributed by atoms with Crippen LogP contribution < -0.4 is 0 Å². The van der Waals surface area contributed by atoms with E-state index < -0.39 is 50.8 Å². The predicted octanol–water partition coefficient (Wildman–Crippen LogP) is 7.00. The first-order valence-corrected chi connectivity index (χ1v) is 20.1. The van der Waals surface area contributed by atoms with Gasteiger partial charge in [-0.2, -0.15) is 0 Å². The Bertz CT molecular complexity index is 1010. The van der Waals surface area contributed by atoms with Crippen LogP contribution in [-0.4, -0.2) is 74.7 Å². The lowest BCUT2D eigenvalue weighted by Gasteiger charge is -2.19. The van der Waals surface area contributed by atoms with Crippen LogP contribution >= 0.6 is 7.82 Å². The van der Waals surface area contributed by atoms with E-state index in [2.05, 4.69) is 30.5 Å². The van der Waals surface area contributed by atoms with Gasteiger partial charge >= 0.3 is 19.8 Å². The van der Waals surface area contributed by atoms with E-state index in [1.165, 1.54) is 12.8 Å². The summed E-state index contributed by atoms with van der Waals surface area (Å²) in [5.41, 5.74) is 0. The molecular formula is C37H65O11P. The van der Waals surface area contributed by atoms with Crippen molar-refractivity contribution < 1.29 is 53.3 Å². The lowest BCUT2D eigenvalue weighted by atomic mass is 9.89. The van der Waals surface area contributed by atoms with Crippen LogP contribution in [0, 0.1) is 11.8 Å². The Labute approximate surface area is 294 Å². The number of unbranched alkanes of at least 4 members (excludes halogenated alkanes) is 10. The van der Waals surface area contributed by atoms with Crippen molar-refractivity contribution in [2.75, 3.05) is 13.2 Å². The molecule has 0 aromatic rings. The maximum Gasteiger partial charge on any atom is 0.469 e. The lowest BCUT2D eigenvalue weighted by molar-refractivity contribution is -0.161. The highest BCUT2D eigenvalue weighted by Gasteiger charge is 2.39. The molecule has 1 saturated carbocycles. The molecule has 1 aliphatic carbocycles. The summed E-state index contributed by atoms with van der Waals surface area (Å²) in [4.78, 5) is 42.8. The largest absolute Gasteiger partial charge is 0.469 e. The fourth-order valence-corrected chi connectivity index (χ4v) is 6.18. The molecule has 1 fully saturated rings. The summed E-state index contributed by atoms with van der Waals surface area (Å²) in [5, 5.41) is 31.1. The van der Waals surface area contributed by atoms with Crippen molar-refractivity contribution in [2.45, 2.75) is 160 Å². The van der Waals surface area contributed by atoms with Crippen molar-refractivity contribution in [3.05, 3.63) is 36.5 Å². The number of carbonyl (C=O) groups excluding carboxylic acids is 2. The van der Waals surface area contributed by atoms with Crippen LogP contribution in [0.5, 0.6) is 0 Å². The van der Waals surface area contributed by atoms with Gasteiger partial charge in [0.1, 0.15) is 6.61 Å². The zero-order chi connectivity index (χ0) is 36.3. The Morgan fingerprint density at radius 1 is 0.776 bits per heavy atom. The molecule has 11 nitrogen and oxygen atoms in total. The summed E-state index contributed by atoms with van der Waals surface area (Å²) in [6.07, 6.45) is 24.0. The molecule has 0 aromatic carbocycles. The number of allylic oxidation sites excluding steroid dienone is 4. The molecule has 0 spiro atoms. The highest BCUT2D eigenvalue weighted by Crippen LogP contribution is 2.37. The average molecular weight is 717 g/mol. The van der Waals surface area contributed by atoms with E-state index in [0.717, 1.165) is 57.8 Å². The molecular weight excluding hydrogens is 651 g/mol. The average Bonchev–Trinajstić information content (AvgIpc) is 3.32. The normalized spacial score (nSPS) is 21.2. The number of phosphoric acid groups is 1. The molecule has 284 valence electrons. The molecule has 1 aliphatic rings. The summed E-state index contributed by atoms with van der Waals surface area (Å²) in [7, 11) is -4.81. The number of esters is 2. The van der Waals surface area contributed by atoms with Gasteiger partial charge in [0, 0.05) is 25.2 Å². The molecule has 0 radical (unpaired) electrons. The number of phosphoric ester groups is 1. The summed E-state index contributed by atoms with van der Waals surface area (Å²) >= 11 is 0. The molecule has 0 unspecified atom stereocenters. The predicted molar refractivity (Wildman–Crippen MR) is 190 cm³/mol. The highest BCUT2D eigenvalue weighted by atomic mass is 31.2. The lowest BCUT2D eigenvalue weighted by Crippen LogP contribution is -2.29. The van der Waals surface area contributed by atoms with E-state index in [1.807, 2.05) is 18.2 Å². The Balaban J connectivity index is 2.37. The van der Waals surface area contributed by atoms with Gasteiger partial charge < -0.3 is 34.6 Å². The van der Waals surface area contributed by atoms with Gasteiger partial charge in [-0.3, -0.25) is 14.1 Å². The second-order valence-corrected chi connectivity index (χ2v) is 14.4. The smallest absolute Gasteiger partial charge is 0.462 e. The number of hydrogen-bond donors (Lipinski definition) is 5. The second kappa shape index (κ2) is 27.8. The van der Waals surface area contributed by atoms with Gasteiger partial charge in [0.05, 0.1) is 24.9 Å². The van der Waals surface area contributed by atoms with Gasteiger partial charge in [0.15, 0.2) is 6.10 Å². The topological polar surface area (TPSA) is 180 Å². The van der Waals surface area contributed by atoms with Gasteiger partial charge in [0.25, 0.3) is 0 Å². The molecule has 49 heavy (non-hydrogen) atoms. The first-order chi connectivity index (χ1) is 23.5. The van der Waals surface area contributed by atoms with Crippen molar-refractivity contribution in [3.8, 4) is 0 Å². The van der Waals surface area contributed by atoms with E-state index in [1.54, 1.807) is 6.08 Å². The third kappa shape index (κ3) is 24.1. The van der Waals surface area contributed by atoms with Crippen LogP contribution in [0.25, 0.3) is 0 Å². The van der Waals surface area contributed by atoms with Crippen LogP contribution in [0.3, 0.4) is 0 Å². The minimum Gasteiger partial charge on any atom is -0.462 e. The second-order valence-electron chi connectivity index (χ2n) is 13.2. The van der Waals surface area contributed by atoms with Gasteiger partial charge in [0.2, 0.25) is 0 Å². The molecule has 5 N–H and O–H groups in total. The molecule has 1 rings (SSSR count). The van der Waals surface area contributed by atoms with Crippen LogP contribution in [-0.2, 0) is 28.2 Å². The van der Waals surface area contributed by atoms with Crippen molar-refractivity contribution in [2.24, 2.45) is 11.8 Å². The SMILES string of the molecule is CCCC/C=C\CCCCCCCC(=O)O[C@H](COC(=O)CCC/C=C/C[C@@H]1[C@@H](/C=C/[C@@H](O)CCCCC)[C@H](O)C[C@@H]1O)COP(=O)(O)O. The Morgan fingerprint density at radius 2 is 1.41 bits per heavy atom. The number of aliphatic hydroxyl groups excluding tert-OH is 3. The minimum atomic E-state index is -4.81. The third-order valence-corrected chi connectivity index (χ3v) is 9.19. The first-order valence-electron chi connectivity index (χ1n) is 18.5. The van der Waals surface area contributed by atoms with E-state index in [9.17, 15) is 29.5 Å². The van der Waals surface area contributed by atoms with Crippen LogP contribution in [0.15, 0.2) is 36.5 Å². The fraction of sp³-hybridized carbons (Fsp3) is 0.784. The number of rotatable bonds is 29. The Morgan fingerprint density at radius 3 is 2.12 bits per heavy atom. The summed E-state index contributed by atoms with van der Waals surface area (Å²) < 4.78 is 26.2. The maximum absolute atomic E-state index is 12.4. The van der Waals surface area contributed by atoms with Crippen LogP contribution in [0.1, 0.15) is 136 Å². The molecule has 0 saturated heterocycles. The van der Waals surface area contributed by atoms with Crippen LogP contribution in [0.2, 0.25) is 0 Å². The highest BCUT2D eigenvalue weighted by molar-refractivity contribution is 7.46. The van der Waals surface area contributed by atoms with E-state index in [-0.39, 0.29) is 37.7 Å². The number of aliphatic hydroxyl groups is 3. The molecule has 0 heterocycles. The van der Waals surface area contributed by atoms with Gasteiger partial charge in [-0.25, -0.2) is 4.57 Å². The summed E-state index contributed by atoms with van der Waals surface area (Å²) in [5.74, 6) is -1.49. The quantitative estimate of drug-likeness (QED) is 0.0233. The van der Waals surface area contributed by atoms with Crippen molar-refractivity contribution in [1.29, 1.82) is 0 Å². The maximum atomic E-state index is 12.4. The third-order valence-electron chi connectivity index (χ3n) is 8.70. The number of carbonyl (C=O) groups is 2. The zero-order valence-corrected chi connectivity index (χ0v) is 30.8. The molecule has 0 aromatic heterocycles. The van der Waals surface area contributed by atoms with Gasteiger partial charge in [-0.05, 0) is 57.3 Å². The van der Waals surface area contributed by atoms with E-state index in [0.29, 0.717) is 32.1 Å². The summed E-state index contributed by atoms with van der Waals surface area (Å²) in [6, 6.07) is 0. The Hall–Kier alpha value is -1.85. The van der Waals surface area contributed by atoms with Crippen molar-refractivity contribution in [1.82, 2.24) is 0 Å². The first kappa shape index (κ1) is 45.2. The van der Waals surface area contributed by atoms with Crippen LogP contribution in [0.4, 0.5) is 0 Å². The number of ether oxygens (including phenoxy) is 2. The minimum absolute atomic E-state index is 0.0882. The van der Waals surface area contributed by atoms with Crippen molar-refractivity contribution in [3.63, 3.8) is 0 Å². The number of hydrogen-bond acceptors (Lipinski definition) is 9.